The first kappa shape index (κ1) is 17.4. The highest BCUT2D eigenvalue weighted by Crippen LogP contribution is 2.35. The molecule has 0 spiro atoms. The van der Waals surface area contributed by atoms with Gasteiger partial charge in [0, 0.05) is 13.2 Å². The molecule has 0 aromatic rings. The third-order valence-electron chi connectivity index (χ3n) is 3.85. The summed E-state index contributed by atoms with van der Waals surface area (Å²) in [5, 5.41) is 9.47. The first-order valence-electron chi connectivity index (χ1n) is 7.20. The summed E-state index contributed by atoms with van der Waals surface area (Å²) in [6.07, 6.45) is 4.80. The van der Waals surface area contributed by atoms with Crippen LogP contribution in [0.3, 0.4) is 0 Å². The highest BCUT2D eigenvalue weighted by atomic mass is 32.2. The highest BCUT2D eigenvalue weighted by molar-refractivity contribution is 7.89. The van der Waals surface area contributed by atoms with Crippen molar-refractivity contribution in [1.29, 1.82) is 0 Å². The smallest absolute Gasteiger partial charge is 0.310 e. The van der Waals surface area contributed by atoms with Gasteiger partial charge in [-0.05, 0) is 19.8 Å². The van der Waals surface area contributed by atoms with Crippen LogP contribution in [-0.4, -0.2) is 45.0 Å². The summed E-state index contributed by atoms with van der Waals surface area (Å²) < 4.78 is 31.1. The molecule has 0 aliphatic heterocycles. The Labute approximate surface area is 120 Å². The van der Waals surface area contributed by atoms with Crippen molar-refractivity contribution < 1.29 is 23.1 Å². The van der Waals surface area contributed by atoms with E-state index in [1.807, 2.05) is 0 Å². The van der Waals surface area contributed by atoms with E-state index >= 15 is 0 Å². The molecule has 0 aromatic heterocycles. The lowest BCUT2D eigenvalue weighted by Gasteiger charge is -2.28. The van der Waals surface area contributed by atoms with Crippen LogP contribution in [0.5, 0.6) is 0 Å². The van der Waals surface area contributed by atoms with Crippen molar-refractivity contribution in [2.24, 2.45) is 5.41 Å². The van der Waals surface area contributed by atoms with Crippen molar-refractivity contribution in [3.8, 4) is 0 Å². The van der Waals surface area contributed by atoms with Crippen LogP contribution < -0.4 is 4.72 Å². The van der Waals surface area contributed by atoms with Crippen LogP contribution in [-0.2, 0) is 19.6 Å². The Morgan fingerprint density at radius 2 is 1.85 bits per heavy atom. The second-order valence-electron chi connectivity index (χ2n) is 5.34. The molecule has 1 fully saturated rings. The van der Waals surface area contributed by atoms with Gasteiger partial charge >= 0.3 is 5.97 Å². The van der Waals surface area contributed by atoms with Crippen LogP contribution in [0.1, 0.15) is 45.4 Å². The number of hydrogen-bond acceptors (Lipinski definition) is 4. The maximum absolute atomic E-state index is 11.8. The number of ether oxygens (including phenoxy) is 1. The third-order valence-corrected chi connectivity index (χ3v) is 5.13. The van der Waals surface area contributed by atoms with Gasteiger partial charge in [0.05, 0.1) is 17.8 Å². The van der Waals surface area contributed by atoms with Crippen LogP contribution in [0.4, 0.5) is 0 Å². The Bertz CT molecular complexity index is 399. The van der Waals surface area contributed by atoms with E-state index in [1.165, 1.54) is 0 Å². The molecule has 1 aliphatic carbocycles. The lowest BCUT2D eigenvalue weighted by atomic mass is 9.80. The summed E-state index contributed by atoms with van der Waals surface area (Å²) in [5.74, 6) is -1.02. The Balaban J connectivity index is 2.60. The molecule has 7 heteroatoms. The van der Waals surface area contributed by atoms with Crippen LogP contribution in [0.15, 0.2) is 0 Å². The molecular formula is C13H25NO5S. The molecule has 118 valence electrons. The number of carboxylic acids is 1. The molecule has 0 unspecified atom stereocenters. The monoisotopic (exact) mass is 307 g/mol. The largest absolute Gasteiger partial charge is 0.481 e. The van der Waals surface area contributed by atoms with Gasteiger partial charge in [0.1, 0.15) is 0 Å². The molecule has 1 rings (SSSR count). The molecule has 20 heavy (non-hydrogen) atoms. The number of nitrogens with one attached hydrogen (secondary N) is 1. The number of rotatable bonds is 8. The van der Waals surface area contributed by atoms with Gasteiger partial charge in [0.2, 0.25) is 10.0 Å². The summed E-state index contributed by atoms with van der Waals surface area (Å²) in [7, 11) is -3.48. The molecule has 0 saturated heterocycles. The van der Waals surface area contributed by atoms with Crippen LogP contribution in [0, 0.1) is 5.41 Å². The minimum atomic E-state index is -3.48. The lowest BCUT2D eigenvalue weighted by Crippen LogP contribution is -2.43. The predicted molar refractivity (Wildman–Crippen MR) is 76.1 cm³/mol. The maximum Gasteiger partial charge on any atom is 0.310 e. The second-order valence-corrected chi connectivity index (χ2v) is 7.26. The Morgan fingerprint density at radius 3 is 2.35 bits per heavy atom. The standard InChI is InChI=1S/C13H25NO5S/c1-2-19-9-10-20(17,18)14-11-13(12(15)16)7-5-3-4-6-8-13/h14H,2-11H2,1H3,(H,15,16). The fraction of sp³-hybridized carbons (Fsp3) is 0.923. The first-order chi connectivity index (χ1) is 9.42. The van der Waals surface area contributed by atoms with Gasteiger partial charge in [-0.15, -0.1) is 0 Å². The van der Waals surface area contributed by atoms with Gasteiger partial charge in [0.25, 0.3) is 0 Å². The number of sulfonamides is 1. The highest BCUT2D eigenvalue weighted by Gasteiger charge is 2.39. The maximum atomic E-state index is 11.8. The molecule has 1 saturated carbocycles. The van der Waals surface area contributed by atoms with Crippen LogP contribution in [0.2, 0.25) is 0 Å². The Kier molecular flexibility index (Phi) is 6.91. The van der Waals surface area contributed by atoms with Gasteiger partial charge in [-0.1, -0.05) is 25.7 Å². The van der Waals surface area contributed by atoms with Gasteiger partial charge < -0.3 is 9.84 Å². The lowest BCUT2D eigenvalue weighted by molar-refractivity contribution is -0.149. The number of hydrogen-bond donors (Lipinski definition) is 2. The third kappa shape index (κ3) is 5.38. The molecule has 2 N–H and O–H groups in total. The van der Waals surface area contributed by atoms with Crippen molar-refractivity contribution in [3.63, 3.8) is 0 Å². The molecule has 6 nitrogen and oxygen atoms in total. The van der Waals surface area contributed by atoms with E-state index < -0.39 is 21.4 Å². The Hall–Kier alpha value is -0.660. The summed E-state index contributed by atoms with van der Waals surface area (Å²) in [5.41, 5.74) is -0.949. The van der Waals surface area contributed by atoms with Gasteiger partial charge in [-0.2, -0.15) is 0 Å². The number of aliphatic carboxylic acids is 1. The van der Waals surface area contributed by atoms with Crippen molar-refractivity contribution in [2.75, 3.05) is 25.5 Å². The molecule has 0 amide bonds. The second kappa shape index (κ2) is 7.95. The van der Waals surface area contributed by atoms with E-state index in [0.717, 1.165) is 25.7 Å². The minimum absolute atomic E-state index is 0.0171. The molecule has 0 heterocycles. The first-order valence-corrected chi connectivity index (χ1v) is 8.85. The van der Waals surface area contributed by atoms with Crippen LogP contribution >= 0.6 is 0 Å². The van der Waals surface area contributed by atoms with E-state index in [2.05, 4.69) is 4.72 Å². The minimum Gasteiger partial charge on any atom is -0.481 e. The van der Waals surface area contributed by atoms with E-state index in [0.29, 0.717) is 19.4 Å². The summed E-state index contributed by atoms with van der Waals surface area (Å²) in [6, 6.07) is 0. The van der Waals surface area contributed by atoms with Crippen LogP contribution in [0.25, 0.3) is 0 Å². The molecule has 0 radical (unpaired) electrons. The SMILES string of the molecule is CCOCCS(=O)(=O)NCC1(C(=O)O)CCCCCC1. The summed E-state index contributed by atoms with van der Waals surface area (Å²) >= 11 is 0. The quantitative estimate of drug-likeness (QED) is 0.522. The van der Waals surface area contributed by atoms with Crippen molar-refractivity contribution >= 4 is 16.0 Å². The fourth-order valence-electron chi connectivity index (χ4n) is 2.50. The number of carboxylic acid groups (broad SMARTS) is 1. The Morgan fingerprint density at radius 1 is 1.25 bits per heavy atom. The van der Waals surface area contributed by atoms with E-state index in [9.17, 15) is 18.3 Å². The topological polar surface area (TPSA) is 92.7 Å². The molecular weight excluding hydrogens is 282 g/mol. The zero-order valence-electron chi connectivity index (χ0n) is 12.1. The average Bonchev–Trinajstić information content (AvgIpc) is 2.63. The molecule has 1 aliphatic rings. The summed E-state index contributed by atoms with van der Waals surface area (Å²) in [4.78, 5) is 11.5. The van der Waals surface area contributed by atoms with E-state index in [-0.39, 0.29) is 18.9 Å². The van der Waals surface area contributed by atoms with Crippen molar-refractivity contribution in [2.45, 2.75) is 45.4 Å². The van der Waals surface area contributed by atoms with Crippen molar-refractivity contribution in [1.82, 2.24) is 4.72 Å². The molecule has 0 atom stereocenters. The number of carbonyl (C=O) groups is 1. The molecule has 0 bridgehead atoms. The normalized spacial score (nSPS) is 19.4. The zero-order chi connectivity index (χ0) is 15.1. The fourth-order valence-corrected chi connectivity index (χ4v) is 3.48. The predicted octanol–water partition coefficient (Wildman–Crippen LogP) is 1.37. The van der Waals surface area contributed by atoms with E-state index in [1.54, 1.807) is 6.92 Å². The van der Waals surface area contributed by atoms with Gasteiger partial charge in [-0.25, -0.2) is 13.1 Å². The summed E-state index contributed by atoms with van der Waals surface area (Å²) in [6.45, 7) is 2.38. The van der Waals surface area contributed by atoms with Gasteiger partial charge in [0.15, 0.2) is 0 Å². The van der Waals surface area contributed by atoms with E-state index in [4.69, 9.17) is 4.74 Å². The average molecular weight is 307 g/mol. The molecule has 0 aromatic carbocycles. The van der Waals surface area contributed by atoms with Crippen molar-refractivity contribution in [3.05, 3.63) is 0 Å². The van der Waals surface area contributed by atoms with Gasteiger partial charge in [-0.3, -0.25) is 4.79 Å². The zero-order valence-corrected chi connectivity index (χ0v) is 12.9.